The van der Waals surface area contributed by atoms with Crippen molar-refractivity contribution in [1.82, 2.24) is 0 Å². The topological polar surface area (TPSA) is 95.9 Å². The number of hydrogen-bond donors (Lipinski definition) is 3. The van der Waals surface area contributed by atoms with Crippen molar-refractivity contribution in [3.8, 4) is 5.75 Å². The Balaban J connectivity index is 2.05. The van der Waals surface area contributed by atoms with E-state index in [0.29, 0.717) is 30.5 Å². The van der Waals surface area contributed by atoms with Gasteiger partial charge in [-0.15, -0.1) is 11.8 Å². The highest BCUT2D eigenvalue weighted by Gasteiger charge is 2.18. The van der Waals surface area contributed by atoms with Crippen LogP contribution in [-0.2, 0) is 9.53 Å². The van der Waals surface area contributed by atoms with Crippen molar-refractivity contribution in [2.24, 2.45) is 0 Å². The van der Waals surface area contributed by atoms with Crippen LogP contribution >= 0.6 is 11.8 Å². The highest BCUT2D eigenvalue weighted by atomic mass is 32.2. The van der Waals surface area contributed by atoms with Crippen LogP contribution in [0.15, 0.2) is 59.5 Å². The van der Waals surface area contributed by atoms with Gasteiger partial charge >= 0.3 is 12.1 Å². The Morgan fingerprint density at radius 3 is 2.59 bits per heavy atom. The molecule has 6 nitrogen and oxygen atoms in total. The SMILES string of the molecule is CSc1ccc(NC(=O)O[C@H](CCC/C=C/C(=O)O)c2ccc(O)c(F)c2)cc1. The van der Waals surface area contributed by atoms with Gasteiger partial charge in [0.2, 0.25) is 0 Å². The minimum Gasteiger partial charge on any atom is -0.505 e. The van der Waals surface area contributed by atoms with Crippen LogP contribution in [0.1, 0.15) is 30.9 Å². The summed E-state index contributed by atoms with van der Waals surface area (Å²) in [4.78, 5) is 23.9. The molecule has 0 radical (unpaired) electrons. The minimum atomic E-state index is -1.04. The maximum absolute atomic E-state index is 13.7. The number of hydrogen-bond acceptors (Lipinski definition) is 5. The molecule has 0 spiro atoms. The Morgan fingerprint density at radius 1 is 1.24 bits per heavy atom. The number of aromatic hydroxyl groups is 1. The minimum absolute atomic E-state index is 0.354. The molecular formula is C21H22FNO5S. The van der Waals surface area contributed by atoms with Gasteiger partial charge in [0.15, 0.2) is 11.6 Å². The second-order valence-electron chi connectivity index (χ2n) is 6.13. The van der Waals surface area contributed by atoms with Gasteiger partial charge in [0.25, 0.3) is 0 Å². The van der Waals surface area contributed by atoms with Crippen molar-refractivity contribution in [3.05, 3.63) is 66.0 Å². The Hall–Kier alpha value is -3.00. The first-order valence-electron chi connectivity index (χ1n) is 8.88. The molecule has 154 valence electrons. The smallest absolute Gasteiger partial charge is 0.412 e. The van der Waals surface area contributed by atoms with Gasteiger partial charge < -0.3 is 14.9 Å². The fraction of sp³-hybridized carbons (Fsp3) is 0.238. The number of unbranched alkanes of at least 4 members (excludes halogenated alkanes) is 1. The van der Waals surface area contributed by atoms with Gasteiger partial charge in [-0.1, -0.05) is 12.1 Å². The molecule has 0 heterocycles. The van der Waals surface area contributed by atoms with Crippen LogP contribution in [0.5, 0.6) is 5.75 Å². The monoisotopic (exact) mass is 419 g/mol. The summed E-state index contributed by atoms with van der Waals surface area (Å²) in [6, 6.07) is 11.0. The molecule has 8 heteroatoms. The number of halogens is 1. The summed E-state index contributed by atoms with van der Waals surface area (Å²) in [5, 5.41) is 20.6. The first kappa shape index (κ1) is 22.3. The third kappa shape index (κ3) is 7.50. The summed E-state index contributed by atoms with van der Waals surface area (Å²) < 4.78 is 19.2. The molecule has 0 saturated heterocycles. The number of allylic oxidation sites excluding steroid dienone is 1. The maximum Gasteiger partial charge on any atom is 0.412 e. The zero-order valence-corrected chi connectivity index (χ0v) is 16.6. The molecule has 1 amide bonds. The predicted octanol–water partition coefficient (Wildman–Crippen LogP) is 5.35. The predicted molar refractivity (Wildman–Crippen MR) is 110 cm³/mol. The normalized spacial score (nSPS) is 11.9. The molecule has 0 fully saturated rings. The van der Waals surface area contributed by atoms with Crippen LogP contribution in [0, 0.1) is 5.82 Å². The summed E-state index contributed by atoms with van der Waals surface area (Å²) >= 11 is 1.58. The van der Waals surface area contributed by atoms with Crippen molar-refractivity contribution in [2.75, 3.05) is 11.6 Å². The van der Waals surface area contributed by atoms with Crippen LogP contribution in [-0.4, -0.2) is 28.5 Å². The number of amides is 1. The molecule has 0 unspecified atom stereocenters. The number of carbonyl (C=O) groups excluding carboxylic acids is 1. The molecule has 2 aromatic rings. The molecule has 3 N–H and O–H groups in total. The fourth-order valence-electron chi connectivity index (χ4n) is 2.57. The number of carboxylic acid groups (broad SMARTS) is 1. The lowest BCUT2D eigenvalue weighted by molar-refractivity contribution is -0.131. The van der Waals surface area contributed by atoms with E-state index >= 15 is 0 Å². The highest BCUT2D eigenvalue weighted by Crippen LogP contribution is 2.28. The summed E-state index contributed by atoms with van der Waals surface area (Å²) in [5.74, 6) is -2.34. The lowest BCUT2D eigenvalue weighted by atomic mass is 10.0. The van der Waals surface area contributed by atoms with Gasteiger partial charge in [-0.3, -0.25) is 5.32 Å². The Kier molecular flexibility index (Phi) is 8.54. The van der Waals surface area contributed by atoms with Crippen LogP contribution < -0.4 is 5.32 Å². The lowest BCUT2D eigenvalue weighted by Gasteiger charge is -2.19. The number of rotatable bonds is 9. The van der Waals surface area contributed by atoms with E-state index in [4.69, 9.17) is 9.84 Å². The van der Waals surface area contributed by atoms with Crippen LogP contribution in [0.3, 0.4) is 0 Å². The van der Waals surface area contributed by atoms with E-state index in [0.717, 1.165) is 17.0 Å². The molecule has 0 aromatic heterocycles. The Labute approximate surface area is 172 Å². The van der Waals surface area contributed by atoms with Crippen molar-refractivity contribution >= 4 is 29.5 Å². The van der Waals surface area contributed by atoms with Gasteiger partial charge in [0.05, 0.1) is 0 Å². The molecular weight excluding hydrogens is 397 g/mol. The number of ether oxygens (including phenoxy) is 1. The van der Waals surface area contributed by atoms with Crippen LogP contribution in [0.4, 0.5) is 14.9 Å². The number of benzene rings is 2. The summed E-state index contributed by atoms with van der Waals surface area (Å²) in [7, 11) is 0. The number of phenolic OH excluding ortho intramolecular Hbond substituents is 1. The Morgan fingerprint density at radius 2 is 1.97 bits per heavy atom. The van der Waals surface area contributed by atoms with Crippen molar-refractivity contribution in [1.29, 1.82) is 0 Å². The molecule has 1 atom stereocenters. The fourth-order valence-corrected chi connectivity index (χ4v) is 2.98. The van der Waals surface area contributed by atoms with Gasteiger partial charge in [-0.25, -0.2) is 14.0 Å². The molecule has 0 aliphatic carbocycles. The van der Waals surface area contributed by atoms with Gasteiger partial charge in [-0.2, -0.15) is 0 Å². The average molecular weight is 419 g/mol. The van der Waals surface area contributed by atoms with Crippen molar-refractivity contribution < 1.29 is 28.9 Å². The van der Waals surface area contributed by atoms with Crippen molar-refractivity contribution in [3.63, 3.8) is 0 Å². The number of aliphatic carboxylic acids is 1. The maximum atomic E-state index is 13.7. The second-order valence-corrected chi connectivity index (χ2v) is 7.01. The summed E-state index contributed by atoms with van der Waals surface area (Å²) in [6.45, 7) is 0. The first-order valence-corrected chi connectivity index (χ1v) is 10.1. The van der Waals surface area contributed by atoms with Crippen LogP contribution in [0.25, 0.3) is 0 Å². The number of carboxylic acids is 1. The second kappa shape index (κ2) is 11.1. The van der Waals surface area contributed by atoms with E-state index in [2.05, 4.69) is 5.32 Å². The zero-order chi connectivity index (χ0) is 21.2. The molecule has 2 aromatic carbocycles. The lowest BCUT2D eigenvalue weighted by Crippen LogP contribution is -2.17. The van der Waals surface area contributed by atoms with Gasteiger partial charge in [0.1, 0.15) is 6.10 Å². The zero-order valence-electron chi connectivity index (χ0n) is 15.8. The number of thioether (sulfide) groups is 1. The molecule has 0 aliphatic rings. The molecule has 2 rings (SSSR count). The molecule has 0 aliphatic heterocycles. The van der Waals surface area contributed by atoms with Crippen LogP contribution in [0.2, 0.25) is 0 Å². The van der Waals surface area contributed by atoms with E-state index < -0.39 is 29.7 Å². The standard InChI is InChI=1S/C21H22FNO5S/c1-29-16-10-8-15(9-11-16)23-21(27)28-19(5-3-2-4-6-20(25)26)14-7-12-18(24)17(22)13-14/h4,6-13,19,24H,2-3,5H2,1H3,(H,23,27)(H,25,26)/b6-4+/t19-/m1/s1. The van der Waals surface area contributed by atoms with Gasteiger partial charge in [0, 0.05) is 16.7 Å². The number of anilines is 1. The number of nitrogens with one attached hydrogen (secondary N) is 1. The summed E-state index contributed by atoms with van der Waals surface area (Å²) in [6.07, 6.45) is 4.38. The highest BCUT2D eigenvalue weighted by molar-refractivity contribution is 7.98. The number of phenols is 1. The summed E-state index contributed by atoms with van der Waals surface area (Å²) in [5.41, 5.74) is 0.961. The third-order valence-electron chi connectivity index (χ3n) is 4.03. The third-order valence-corrected chi connectivity index (χ3v) is 4.77. The number of carbonyl (C=O) groups is 2. The first-order chi connectivity index (χ1) is 13.9. The van der Waals surface area contributed by atoms with E-state index in [1.54, 1.807) is 23.9 Å². The Bertz CT molecular complexity index is 870. The average Bonchev–Trinajstić information content (AvgIpc) is 2.69. The van der Waals surface area contributed by atoms with E-state index in [1.165, 1.54) is 18.2 Å². The largest absolute Gasteiger partial charge is 0.505 e. The van der Waals surface area contributed by atoms with E-state index in [9.17, 15) is 19.1 Å². The van der Waals surface area contributed by atoms with Gasteiger partial charge in [-0.05, 0) is 67.5 Å². The quantitative estimate of drug-likeness (QED) is 0.288. The van der Waals surface area contributed by atoms with Crippen molar-refractivity contribution in [2.45, 2.75) is 30.3 Å². The molecule has 0 saturated carbocycles. The molecule has 0 bridgehead atoms. The molecule has 29 heavy (non-hydrogen) atoms. The van der Waals surface area contributed by atoms with E-state index in [1.807, 2.05) is 18.4 Å². The van der Waals surface area contributed by atoms with E-state index in [-0.39, 0.29) is 0 Å².